The molecule has 0 aliphatic carbocycles. The van der Waals surface area contributed by atoms with E-state index in [2.05, 4.69) is 4.74 Å². The largest absolute Gasteiger partial charge is 0.437 e. The Kier molecular flexibility index (Phi) is 6.58. The van der Waals surface area contributed by atoms with Crippen LogP contribution in [0.4, 0.5) is 87.8 Å². The monoisotopic (exact) mass is 574 g/mol. The molecule has 3 atom stereocenters. The zero-order valence-corrected chi connectivity index (χ0v) is 15.9. The molecule has 0 aromatic carbocycles. The van der Waals surface area contributed by atoms with Gasteiger partial charge in [0.15, 0.2) is 0 Å². The van der Waals surface area contributed by atoms with Crippen LogP contribution < -0.4 is 0 Å². The molecule has 0 N–H and O–H groups in total. The van der Waals surface area contributed by atoms with Crippen molar-refractivity contribution in [2.24, 2.45) is 0 Å². The molecule has 1 rings (SSSR count). The Balaban J connectivity index is 4.53. The Morgan fingerprint density at radius 3 is 1.06 bits per heavy atom. The molecule has 35 heavy (non-hydrogen) atoms. The van der Waals surface area contributed by atoms with Crippen LogP contribution in [0, 0.1) is 0 Å². The first-order chi connectivity index (χ1) is 14.8. The molecule has 0 saturated carbocycles. The number of halogens is 20. The minimum Gasteiger partial charge on any atom is -0.345 e. The van der Waals surface area contributed by atoms with Gasteiger partial charge in [0, 0.05) is 14.0 Å². The van der Waals surface area contributed by atoms with Crippen molar-refractivity contribution >= 4 is 0 Å². The van der Waals surface area contributed by atoms with Gasteiger partial charge in [-0.05, 0) is 0 Å². The highest BCUT2D eigenvalue weighted by molar-refractivity contribution is 5.28. The van der Waals surface area contributed by atoms with Crippen molar-refractivity contribution in [3.63, 3.8) is 0 Å². The zero-order valence-electron chi connectivity index (χ0n) is 15.9. The molecular formula is C13H6F20O2. The van der Waals surface area contributed by atoms with E-state index in [1.54, 1.807) is 0 Å². The Morgan fingerprint density at radius 2 is 0.829 bits per heavy atom. The maximum atomic E-state index is 14.8. The zero-order chi connectivity index (χ0) is 28.9. The van der Waals surface area contributed by atoms with Gasteiger partial charge in [-0.15, -0.1) is 0 Å². The molecule has 0 amide bonds. The third-order valence-corrected chi connectivity index (χ3v) is 4.85. The van der Waals surface area contributed by atoms with E-state index in [1.165, 1.54) is 0 Å². The first kappa shape index (κ1) is 31.5. The molecule has 1 aliphatic rings. The van der Waals surface area contributed by atoms with Gasteiger partial charge in [-0.3, -0.25) is 4.74 Å². The molecule has 0 spiro atoms. The van der Waals surface area contributed by atoms with E-state index in [0.717, 1.165) is 0 Å². The Hall–Kier alpha value is -1.48. The number of alkyl halides is 20. The molecule has 1 heterocycles. The fourth-order valence-electron chi connectivity index (χ4n) is 3.07. The lowest BCUT2D eigenvalue weighted by Crippen LogP contribution is -2.91. The lowest BCUT2D eigenvalue weighted by molar-refractivity contribution is -0.594. The normalized spacial score (nSPS) is 31.7. The van der Waals surface area contributed by atoms with Crippen molar-refractivity contribution in [1.29, 1.82) is 0 Å². The fourth-order valence-corrected chi connectivity index (χ4v) is 3.07. The van der Waals surface area contributed by atoms with Crippen molar-refractivity contribution in [1.82, 2.24) is 0 Å². The topological polar surface area (TPSA) is 18.5 Å². The average Bonchev–Trinajstić information content (AvgIpc) is 2.59. The van der Waals surface area contributed by atoms with Crippen LogP contribution >= 0.6 is 0 Å². The van der Waals surface area contributed by atoms with Crippen LogP contribution in [0.5, 0.6) is 0 Å². The quantitative estimate of drug-likeness (QED) is 0.349. The molecule has 3 unspecified atom stereocenters. The van der Waals surface area contributed by atoms with Crippen molar-refractivity contribution in [3.8, 4) is 0 Å². The van der Waals surface area contributed by atoms with Gasteiger partial charge in [-0.1, -0.05) is 0 Å². The predicted octanol–water partition coefficient (Wildman–Crippen LogP) is 6.69. The predicted molar refractivity (Wildman–Crippen MR) is 66.0 cm³/mol. The van der Waals surface area contributed by atoms with Gasteiger partial charge in [-0.2, -0.15) is 65.9 Å². The smallest absolute Gasteiger partial charge is 0.345 e. The van der Waals surface area contributed by atoms with E-state index in [1.807, 2.05) is 4.74 Å². The molecule has 1 aliphatic heterocycles. The van der Waals surface area contributed by atoms with E-state index >= 15 is 0 Å². The molecule has 1 fully saturated rings. The number of rotatable bonds is 4. The summed E-state index contributed by atoms with van der Waals surface area (Å²) in [4.78, 5) is 0. The lowest BCUT2D eigenvalue weighted by Gasteiger charge is -2.59. The van der Waals surface area contributed by atoms with Crippen LogP contribution in [0.15, 0.2) is 0 Å². The number of ether oxygens (including phenoxy) is 2. The third kappa shape index (κ3) is 3.19. The highest BCUT2D eigenvalue weighted by atomic mass is 19.4. The second kappa shape index (κ2) is 7.30. The standard InChI is InChI=1S/C13H6F20O2/c1-3(14,15)4(16,11(25,26)27)10(34-2)8(22,23)6(18,19)7(20,21)9(24,35-10)5(17,12(28,29)30)13(31,32)33/h1-2H3. The van der Waals surface area contributed by atoms with Crippen LogP contribution in [-0.2, 0) is 9.47 Å². The summed E-state index contributed by atoms with van der Waals surface area (Å²) in [5.41, 5.74) is -16.6. The van der Waals surface area contributed by atoms with E-state index in [9.17, 15) is 87.8 Å². The molecule has 1 saturated heterocycles. The van der Waals surface area contributed by atoms with Crippen molar-refractivity contribution in [3.05, 3.63) is 0 Å². The van der Waals surface area contributed by atoms with E-state index in [-0.39, 0.29) is 0 Å². The minimum atomic E-state index is -8.70. The van der Waals surface area contributed by atoms with Gasteiger partial charge in [0.1, 0.15) is 0 Å². The molecular weight excluding hydrogens is 568 g/mol. The molecule has 22 heteroatoms. The summed E-state index contributed by atoms with van der Waals surface area (Å²) >= 11 is 0. The first-order valence-electron chi connectivity index (χ1n) is 7.80. The van der Waals surface area contributed by atoms with Crippen molar-refractivity contribution in [2.75, 3.05) is 7.11 Å². The summed E-state index contributed by atoms with van der Waals surface area (Å²) < 4.78 is 276. The molecule has 0 aromatic heterocycles. The maximum absolute atomic E-state index is 14.8. The Morgan fingerprint density at radius 1 is 0.514 bits per heavy atom. The molecule has 0 bridgehead atoms. The Labute approximate surface area is 178 Å². The van der Waals surface area contributed by atoms with Crippen LogP contribution in [0.2, 0.25) is 0 Å². The summed E-state index contributed by atoms with van der Waals surface area (Å²) in [6, 6.07) is 0. The van der Waals surface area contributed by atoms with Gasteiger partial charge in [0.05, 0.1) is 0 Å². The fraction of sp³-hybridized carbons (Fsp3) is 1.00. The second-order valence-electron chi connectivity index (χ2n) is 6.94. The molecule has 210 valence electrons. The molecule has 2 nitrogen and oxygen atoms in total. The number of hydrogen-bond donors (Lipinski definition) is 0. The summed E-state index contributed by atoms with van der Waals surface area (Å²) in [5, 5.41) is 0. The van der Waals surface area contributed by atoms with E-state index in [0.29, 0.717) is 0 Å². The van der Waals surface area contributed by atoms with Crippen LogP contribution in [-0.4, -0.2) is 72.3 Å². The molecule has 0 radical (unpaired) electrons. The van der Waals surface area contributed by atoms with Gasteiger partial charge in [0.25, 0.3) is 11.7 Å². The van der Waals surface area contributed by atoms with Crippen LogP contribution in [0.25, 0.3) is 0 Å². The van der Waals surface area contributed by atoms with E-state index in [4.69, 9.17) is 0 Å². The minimum absolute atomic E-state index is 1.08. The second-order valence-corrected chi connectivity index (χ2v) is 6.94. The van der Waals surface area contributed by atoms with Gasteiger partial charge >= 0.3 is 53.5 Å². The number of methoxy groups -OCH3 is 1. The Bertz CT molecular complexity index is 789. The summed E-state index contributed by atoms with van der Waals surface area (Å²) in [6.45, 7) is -1.48. The average molecular weight is 574 g/mol. The van der Waals surface area contributed by atoms with Gasteiger partial charge < -0.3 is 4.74 Å². The highest BCUT2D eigenvalue weighted by Gasteiger charge is 3.05. The summed E-state index contributed by atoms with van der Waals surface area (Å²) in [5.74, 6) is -48.0. The molecule has 0 aromatic rings. The van der Waals surface area contributed by atoms with Gasteiger partial charge in [0.2, 0.25) is 0 Å². The summed E-state index contributed by atoms with van der Waals surface area (Å²) in [7, 11) is -1.08. The van der Waals surface area contributed by atoms with Crippen LogP contribution in [0.1, 0.15) is 6.92 Å². The van der Waals surface area contributed by atoms with Gasteiger partial charge in [-0.25, -0.2) is 22.0 Å². The number of hydrogen-bond acceptors (Lipinski definition) is 2. The SMILES string of the molecule is COC1(C(F)(C(C)(F)F)C(F)(F)F)OC(F)(C(F)(C(F)(F)F)C(F)(F)F)C(F)(F)C(F)(F)C1(F)F. The maximum Gasteiger partial charge on any atom is 0.437 e. The highest BCUT2D eigenvalue weighted by Crippen LogP contribution is 2.73. The summed E-state index contributed by atoms with van der Waals surface area (Å²) in [6.07, 6.45) is -24.6. The van der Waals surface area contributed by atoms with Crippen LogP contribution in [0.3, 0.4) is 0 Å². The third-order valence-electron chi connectivity index (χ3n) is 4.85. The first-order valence-corrected chi connectivity index (χ1v) is 7.80. The van der Waals surface area contributed by atoms with Crippen molar-refractivity contribution < 1.29 is 97.3 Å². The lowest BCUT2D eigenvalue weighted by atomic mass is 9.73. The van der Waals surface area contributed by atoms with E-state index < -0.39 is 79.2 Å². The van der Waals surface area contributed by atoms with Crippen molar-refractivity contribution in [2.45, 2.75) is 72.1 Å².